The zero-order chi connectivity index (χ0) is 18.6. The highest BCUT2D eigenvalue weighted by atomic mass is 32.2. The van der Waals surface area contributed by atoms with Crippen molar-refractivity contribution in [2.75, 3.05) is 19.8 Å². The topological polar surface area (TPSA) is 72.5 Å². The van der Waals surface area contributed by atoms with Gasteiger partial charge in [-0.1, -0.05) is 42.5 Å². The lowest BCUT2D eigenvalue weighted by Gasteiger charge is -2.37. The molecule has 26 heavy (non-hydrogen) atoms. The van der Waals surface area contributed by atoms with Crippen LogP contribution in [-0.2, 0) is 20.2 Å². The summed E-state index contributed by atoms with van der Waals surface area (Å²) in [7, 11) is -3.65. The van der Waals surface area contributed by atoms with Crippen molar-refractivity contribution in [2.24, 2.45) is 0 Å². The van der Waals surface area contributed by atoms with Crippen molar-refractivity contribution in [3.8, 4) is 0 Å². The first kappa shape index (κ1) is 18.8. The second-order valence-corrected chi connectivity index (χ2v) is 8.43. The average Bonchev–Trinajstić information content (AvgIpc) is 2.68. The maximum absolute atomic E-state index is 12.7. The normalized spacial score (nSPS) is 17.0. The molecule has 0 aliphatic carbocycles. The van der Waals surface area contributed by atoms with Crippen molar-refractivity contribution in [3.05, 3.63) is 65.7 Å². The molecule has 3 rings (SSSR count). The van der Waals surface area contributed by atoms with Crippen molar-refractivity contribution < 1.29 is 17.9 Å². The highest BCUT2D eigenvalue weighted by Crippen LogP contribution is 2.34. The SMILES string of the molecule is CC(=O)c1ccc(S(=O)(=O)NCC2(c3ccccc3)CCOCC2)cc1. The monoisotopic (exact) mass is 373 g/mol. The fourth-order valence-electron chi connectivity index (χ4n) is 3.31. The van der Waals surface area contributed by atoms with Crippen LogP contribution in [0, 0.1) is 0 Å². The number of hydrogen-bond acceptors (Lipinski definition) is 4. The van der Waals surface area contributed by atoms with Gasteiger partial charge in [-0.2, -0.15) is 0 Å². The number of carbonyl (C=O) groups is 1. The summed E-state index contributed by atoms with van der Waals surface area (Å²) in [6.45, 7) is 3.00. The second-order valence-electron chi connectivity index (χ2n) is 6.66. The van der Waals surface area contributed by atoms with E-state index in [2.05, 4.69) is 4.72 Å². The number of ether oxygens (including phenoxy) is 1. The molecule has 0 spiro atoms. The summed E-state index contributed by atoms with van der Waals surface area (Å²) >= 11 is 0. The van der Waals surface area contributed by atoms with Gasteiger partial charge in [-0.3, -0.25) is 4.79 Å². The smallest absolute Gasteiger partial charge is 0.240 e. The molecule has 0 bridgehead atoms. The first-order chi connectivity index (χ1) is 12.4. The predicted octanol–water partition coefficient (Wildman–Crippen LogP) is 2.92. The van der Waals surface area contributed by atoms with Crippen LogP contribution in [0.15, 0.2) is 59.5 Å². The highest BCUT2D eigenvalue weighted by Gasteiger charge is 2.35. The van der Waals surface area contributed by atoms with E-state index in [-0.39, 0.29) is 16.1 Å². The van der Waals surface area contributed by atoms with Gasteiger partial charge < -0.3 is 4.74 Å². The van der Waals surface area contributed by atoms with Gasteiger partial charge in [-0.05, 0) is 37.5 Å². The Morgan fingerprint density at radius 1 is 1.04 bits per heavy atom. The molecule has 1 N–H and O–H groups in total. The number of hydrogen-bond donors (Lipinski definition) is 1. The summed E-state index contributed by atoms with van der Waals surface area (Å²) in [5, 5.41) is 0. The third-order valence-corrected chi connectivity index (χ3v) is 6.42. The van der Waals surface area contributed by atoms with Crippen molar-refractivity contribution >= 4 is 15.8 Å². The van der Waals surface area contributed by atoms with Gasteiger partial charge in [0.05, 0.1) is 4.90 Å². The minimum Gasteiger partial charge on any atom is -0.381 e. The standard InChI is InChI=1S/C20H23NO4S/c1-16(22)17-7-9-19(10-8-17)26(23,24)21-15-20(11-13-25-14-12-20)18-5-3-2-4-6-18/h2-10,21H,11-15H2,1H3. The van der Waals surface area contributed by atoms with Gasteiger partial charge in [0.25, 0.3) is 0 Å². The minimum atomic E-state index is -3.65. The zero-order valence-electron chi connectivity index (χ0n) is 14.8. The van der Waals surface area contributed by atoms with Crippen LogP contribution < -0.4 is 4.72 Å². The first-order valence-corrected chi connectivity index (χ1v) is 10.2. The van der Waals surface area contributed by atoms with Crippen molar-refractivity contribution in [1.82, 2.24) is 4.72 Å². The summed E-state index contributed by atoms with van der Waals surface area (Å²) in [6.07, 6.45) is 1.53. The Labute approximate surface area is 154 Å². The number of carbonyl (C=O) groups excluding carboxylic acids is 1. The van der Waals surface area contributed by atoms with Gasteiger partial charge in [0.15, 0.2) is 5.78 Å². The first-order valence-electron chi connectivity index (χ1n) is 8.67. The summed E-state index contributed by atoms with van der Waals surface area (Å²) in [4.78, 5) is 11.5. The molecular formula is C20H23NO4S. The molecular weight excluding hydrogens is 350 g/mol. The van der Waals surface area contributed by atoms with Gasteiger partial charge in [0, 0.05) is 30.7 Å². The van der Waals surface area contributed by atoms with Gasteiger partial charge in [0.2, 0.25) is 10.0 Å². The van der Waals surface area contributed by atoms with Gasteiger partial charge in [-0.25, -0.2) is 13.1 Å². The molecule has 0 radical (unpaired) electrons. The molecule has 0 unspecified atom stereocenters. The van der Waals surface area contributed by atoms with Crippen LogP contribution in [0.25, 0.3) is 0 Å². The maximum atomic E-state index is 12.7. The van der Waals surface area contributed by atoms with E-state index in [1.165, 1.54) is 31.2 Å². The van der Waals surface area contributed by atoms with Crippen LogP contribution >= 0.6 is 0 Å². The molecule has 1 heterocycles. The van der Waals surface area contributed by atoms with E-state index in [1.54, 1.807) is 0 Å². The van der Waals surface area contributed by atoms with E-state index in [0.29, 0.717) is 25.3 Å². The number of nitrogens with one attached hydrogen (secondary N) is 1. The van der Waals surface area contributed by atoms with Crippen LogP contribution in [0.4, 0.5) is 0 Å². The summed E-state index contributed by atoms with van der Waals surface area (Å²) in [6, 6.07) is 16.0. The van der Waals surface area contributed by atoms with E-state index in [0.717, 1.165) is 18.4 Å². The Balaban J connectivity index is 1.81. The lowest BCUT2D eigenvalue weighted by molar-refractivity contribution is 0.0517. The molecule has 1 aliphatic heterocycles. The lowest BCUT2D eigenvalue weighted by Crippen LogP contribution is -2.44. The number of sulfonamides is 1. The highest BCUT2D eigenvalue weighted by molar-refractivity contribution is 7.89. The van der Waals surface area contributed by atoms with Crippen molar-refractivity contribution in [1.29, 1.82) is 0 Å². The Hall–Kier alpha value is -2.02. The molecule has 138 valence electrons. The van der Waals surface area contributed by atoms with Crippen LogP contribution in [0.2, 0.25) is 0 Å². The Kier molecular flexibility index (Phi) is 5.55. The largest absolute Gasteiger partial charge is 0.381 e. The minimum absolute atomic E-state index is 0.0906. The van der Waals surface area contributed by atoms with Crippen LogP contribution in [0.1, 0.15) is 35.7 Å². The molecule has 1 aliphatic rings. The average molecular weight is 373 g/mol. The third-order valence-electron chi connectivity index (χ3n) is 5.01. The lowest BCUT2D eigenvalue weighted by atomic mass is 9.74. The fourth-order valence-corrected chi connectivity index (χ4v) is 4.43. The van der Waals surface area contributed by atoms with E-state index >= 15 is 0 Å². The number of rotatable bonds is 6. The molecule has 0 saturated carbocycles. The summed E-state index contributed by atoms with van der Waals surface area (Å²) in [5.74, 6) is -0.0906. The quantitative estimate of drug-likeness (QED) is 0.790. The van der Waals surface area contributed by atoms with Crippen molar-refractivity contribution in [3.63, 3.8) is 0 Å². The fraction of sp³-hybridized carbons (Fsp3) is 0.350. The molecule has 0 aromatic heterocycles. The van der Waals surface area contributed by atoms with Crippen LogP contribution in [-0.4, -0.2) is 34.0 Å². The molecule has 2 aromatic rings. The van der Waals surface area contributed by atoms with E-state index in [4.69, 9.17) is 4.74 Å². The molecule has 0 amide bonds. The van der Waals surface area contributed by atoms with Gasteiger partial charge in [0.1, 0.15) is 0 Å². The van der Waals surface area contributed by atoms with E-state index < -0.39 is 10.0 Å². The number of benzene rings is 2. The predicted molar refractivity (Wildman–Crippen MR) is 99.8 cm³/mol. The second kappa shape index (κ2) is 7.70. The molecule has 6 heteroatoms. The van der Waals surface area contributed by atoms with Gasteiger partial charge >= 0.3 is 0 Å². The van der Waals surface area contributed by atoms with E-state index in [1.807, 2.05) is 30.3 Å². The molecule has 1 fully saturated rings. The molecule has 2 aromatic carbocycles. The number of ketones is 1. The Bertz CT molecular complexity index is 854. The molecule has 0 atom stereocenters. The number of Topliss-reactive ketones (excluding diaryl/α,β-unsaturated/α-hetero) is 1. The van der Waals surface area contributed by atoms with Crippen molar-refractivity contribution in [2.45, 2.75) is 30.1 Å². The van der Waals surface area contributed by atoms with Crippen LogP contribution in [0.3, 0.4) is 0 Å². The van der Waals surface area contributed by atoms with Gasteiger partial charge in [-0.15, -0.1) is 0 Å². The van der Waals surface area contributed by atoms with E-state index in [9.17, 15) is 13.2 Å². The summed E-state index contributed by atoms with van der Waals surface area (Å²) < 4.78 is 33.7. The summed E-state index contributed by atoms with van der Waals surface area (Å²) in [5.41, 5.74) is 1.35. The van der Waals surface area contributed by atoms with Crippen LogP contribution in [0.5, 0.6) is 0 Å². The molecule has 5 nitrogen and oxygen atoms in total. The Morgan fingerprint density at radius 3 is 2.23 bits per heavy atom. The maximum Gasteiger partial charge on any atom is 0.240 e. The third kappa shape index (κ3) is 4.03. The molecule has 1 saturated heterocycles. The Morgan fingerprint density at radius 2 is 1.65 bits per heavy atom. The zero-order valence-corrected chi connectivity index (χ0v) is 15.6.